The van der Waals surface area contributed by atoms with Crippen molar-refractivity contribution < 1.29 is 13.2 Å². The van der Waals surface area contributed by atoms with E-state index in [1.165, 1.54) is 0 Å². The van der Waals surface area contributed by atoms with Crippen LogP contribution in [-0.4, -0.2) is 42.2 Å². The number of alkyl halides is 3. The van der Waals surface area contributed by atoms with Crippen LogP contribution in [0.1, 0.15) is 23.9 Å². The fourth-order valence-electron chi connectivity index (χ4n) is 2.38. The van der Waals surface area contributed by atoms with Crippen molar-refractivity contribution >= 4 is 0 Å². The average molecular weight is 273 g/mol. The molecule has 0 bridgehead atoms. The third-order valence-electron chi connectivity index (χ3n) is 3.27. The minimum absolute atomic E-state index is 0.513. The summed E-state index contributed by atoms with van der Waals surface area (Å²) in [6, 6.07) is 4.57. The van der Waals surface area contributed by atoms with E-state index in [1.54, 1.807) is 25.1 Å². The van der Waals surface area contributed by atoms with Gasteiger partial charge in [-0.15, -0.1) is 0 Å². The quantitative estimate of drug-likeness (QED) is 0.916. The first-order valence-corrected chi connectivity index (χ1v) is 6.41. The monoisotopic (exact) mass is 273 g/mol. The third-order valence-corrected chi connectivity index (χ3v) is 3.27. The predicted octanol–water partition coefficient (Wildman–Crippen LogP) is 2.29. The number of aryl methyl sites for hydroxylation is 1. The van der Waals surface area contributed by atoms with E-state index in [0.29, 0.717) is 18.8 Å². The maximum absolute atomic E-state index is 12.8. The summed E-state index contributed by atoms with van der Waals surface area (Å²) in [5.41, 5.74) is 1.26. The molecule has 19 heavy (non-hydrogen) atoms. The normalized spacial score (nSPS) is 19.4. The Morgan fingerprint density at radius 1 is 1.32 bits per heavy atom. The summed E-state index contributed by atoms with van der Waals surface area (Å²) in [5.74, 6) is 0. The Labute approximate surface area is 110 Å². The molecule has 0 spiro atoms. The molecule has 0 amide bonds. The zero-order valence-electron chi connectivity index (χ0n) is 10.9. The largest absolute Gasteiger partial charge is 0.391 e. The van der Waals surface area contributed by atoms with Crippen molar-refractivity contribution in [1.82, 2.24) is 15.2 Å². The molecule has 1 N–H and O–H groups in total. The summed E-state index contributed by atoms with van der Waals surface area (Å²) in [4.78, 5) is 6.14. The van der Waals surface area contributed by atoms with Gasteiger partial charge in [0.2, 0.25) is 0 Å². The maximum Gasteiger partial charge on any atom is 0.391 e. The van der Waals surface area contributed by atoms with Crippen LogP contribution in [0.15, 0.2) is 18.2 Å². The van der Waals surface area contributed by atoms with E-state index in [4.69, 9.17) is 0 Å². The predicted molar refractivity (Wildman–Crippen MR) is 66.8 cm³/mol. The zero-order chi connectivity index (χ0) is 13.9. The second-order valence-electron chi connectivity index (χ2n) is 4.82. The van der Waals surface area contributed by atoms with Gasteiger partial charge in [0.15, 0.2) is 0 Å². The van der Waals surface area contributed by atoms with Gasteiger partial charge in [0.25, 0.3) is 0 Å². The first-order valence-electron chi connectivity index (χ1n) is 6.41. The van der Waals surface area contributed by atoms with Crippen molar-refractivity contribution in [3.63, 3.8) is 0 Å². The molecule has 1 aromatic rings. The van der Waals surface area contributed by atoms with Crippen LogP contribution in [-0.2, 0) is 0 Å². The Morgan fingerprint density at radius 3 is 2.58 bits per heavy atom. The van der Waals surface area contributed by atoms with Crippen LogP contribution in [0.5, 0.6) is 0 Å². The van der Waals surface area contributed by atoms with Gasteiger partial charge in [0.1, 0.15) is 0 Å². The molecule has 1 saturated heterocycles. The lowest BCUT2D eigenvalue weighted by atomic mass is 10.1. The molecule has 0 radical (unpaired) electrons. The minimum atomic E-state index is -4.18. The highest BCUT2D eigenvalue weighted by Gasteiger charge is 2.36. The summed E-state index contributed by atoms with van der Waals surface area (Å²) in [6.45, 7) is 4.49. The minimum Gasteiger partial charge on any atom is -0.314 e. The van der Waals surface area contributed by atoms with Crippen LogP contribution in [0.25, 0.3) is 0 Å². The molecule has 0 unspecified atom stereocenters. The van der Waals surface area contributed by atoms with Gasteiger partial charge in [-0.3, -0.25) is 9.88 Å². The fourth-order valence-corrected chi connectivity index (χ4v) is 2.38. The molecule has 3 nitrogen and oxygen atoms in total. The summed E-state index contributed by atoms with van der Waals surface area (Å²) in [6.07, 6.45) is -5.02. The maximum atomic E-state index is 12.8. The number of halogens is 3. The van der Waals surface area contributed by atoms with Gasteiger partial charge in [0, 0.05) is 31.9 Å². The van der Waals surface area contributed by atoms with E-state index in [-0.39, 0.29) is 0 Å². The van der Waals surface area contributed by atoms with Crippen molar-refractivity contribution in [1.29, 1.82) is 0 Å². The average Bonchev–Trinajstić information content (AvgIpc) is 2.36. The van der Waals surface area contributed by atoms with E-state index in [9.17, 15) is 13.2 Å². The molecule has 0 aromatic carbocycles. The van der Waals surface area contributed by atoms with Gasteiger partial charge in [-0.05, 0) is 19.1 Å². The topological polar surface area (TPSA) is 28.2 Å². The second-order valence-corrected chi connectivity index (χ2v) is 4.82. The number of hydrogen-bond donors (Lipinski definition) is 1. The van der Waals surface area contributed by atoms with E-state index in [1.807, 2.05) is 4.90 Å². The Morgan fingerprint density at radius 2 is 2.00 bits per heavy atom. The molecule has 0 aliphatic carbocycles. The fraction of sp³-hybridized carbons (Fsp3) is 0.615. The molecule has 2 heterocycles. The number of nitrogens with one attached hydrogen (secondary N) is 1. The number of rotatable bonds is 3. The van der Waals surface area contributed by atoms with Crippen molar-refractivity contribution in [3.8, 4) is 0 Å². The molecule has 0 saturated carbocycles. The molecule has 6 heteroatoms. The van der Waals surface area contributed by atoms with Gasteiger partial charge in [-0.2, -0.15) is 13.2 Å². The van der Waals surface area contributed by atoms with Gasteiger partial charge in [-0.25, -0.2) is 0 Å². The van der Waals surface area contributed by atoms with Crippen molar-refractivity contribution in [2.45, 2.75) is 25.6 Å². The van der Waals surface area contributed by atoms with Crippen molar-refractivity contribution in [3.05, 3.63) is 29.6 Å². The van der Waals surface area contributed by atoms with E-state index < -0.39 is 18.6 Å². The zero-order valence-corrected chi connectivity index (χ0v) is 10.9. The van der Waals surface area contributed by atoms with Crippen LogP contribution in [0.2, 0.25) is 0 Å². The summed E-state index contributed by atoms with van der Waals surface area (Å²) < 4.78 is 38.3. The molecule has 1 fully saturated rings. The number of hydrogen-bond acceptors (Lipinski definition) is 3. The van der Waals surface area contributed by atoms with Crippen molar-refractivity contribution in [2.75, 3.05) is 26.2 Å². The second kappa shape index (κ2) is 5.88. The summed E-state index contributed by atoms with van der Waals surface area (Å²) in [5, 5.41) is 3.15. The van der Waals surface area contributed by atoms with Crippen LogP contribution in [0.3, 0.4) is 0 Å². The number of pyridine rings is 1. The number of aromatic nitrogens is 1. The molecule has 1 aromatic heterocycles. The number of piperazine rings is 1. The highest BCUT2D eigenvalue weighted by Crippen LogP contribution is 2.33. The Kier molecular flexibility index (Phi) is 4.42. The van der Waals surface area contributed by atoms with Crippen LogP contribution >= 0.6 is 0 Å². The molecule has 106 valence electrons. The summed E-state index contributed by atoms with van der Waals surface area (Å²) in [7, 11) is 0. The molecule has 1 aliphatic rings. The molecule has 1 atom stereocenters. The van der Waals surface area contributed by atoms with Gasteiger partial charge in [-0.1, -0.05) is 6.07 Å². The summed E-state index contributed by atoms with van der Waals surface area (Å²) >= 11 is 0. The van der Waals surface area contributed by atoms with E-state index in [2.05, 4.69) is 10.3 Å². The van der Waals surface area contributed by atoms with Crippen molar-refractivity contribution in [2.24, 2.45) is 0 Å². The highest BCUT2D eigenvalue weighted by atomic mass is 19.4. The third kappa shape index (κ3) is 4.18. The lowest BCUT2D eigenvalue weighted by molar-refractivity contribution is -0.149. The lowest BCUT2D eigenvalue weighted by Crippen LogP contribution is -2.46. The SMILES string of the molecule is Cc1cccc([C@H](CC(F)(F)F)N2CCNCC2)n1. The van der Waals surface area contributed by atoms with Gasteiger partial charge < -0.3 is 5.32 Å². The lowest BCUT2D eigenvalue weighted by Gasteiger charge is -2.35. The van der Waals surface area contributed by atoms with Gasteiger partial charge in [0.05, 0.1) is 18.2 Å². The first-order chi connectivity index (χ1) is 8.96. The van der Waals surface area contributed by atoms with E-state index >= 15 is 0 Å². The Bertz CT molecular complexity index is 414. The van der Waals surface area contributed by atoms with Crippen LogP contribution in [0.4, 0.5) is 13.2 Å². The number of nitrogens with zero attached hydrogens (tertiary/aromatic N) is 2. The Balaban J connectivity index is 2.22. The molecule has 1 aliphatic heterocycles. The smallest absolute Gasteiger partial charge is 0.314 e. The molecular formula is C13H18F3N3. The molecule has 2 rings (SSSR count). The Hall–Kier alpha value is -1.14. The molecular weight excluding hydrogens is 255 g/mol. The standard InChI is InChI=1S/C13H18F3N3/c1-10-3-2-4-11(18-10)12(9-13(14,15)16)19-7-5-17-6-8-19/h2-4,12,17H,5-9H2,1H3/t12-/m0/s1. The van der Waals surface area contributed by atoms with Gasteiger partial charge >= 0.3 is 6.18 Å². The van der Waals surface area contributed by atoms with E-state index in [0.717, 1.165) is 18.8 Å². The highest BCUT2D eigenvalue weighted by molar-refractivity contribution is 5.14. The van der Waals surface area contributed by atoms with Crippen LogP contribution in [0, 0.1) is 6.92 Å². The first kappa shape index (κ1) is 14.3. The van der Waals surface area contributed by atoms with Crippen LogP contribution < -0.4 is 5.32 Å².